The minimum absolute atomic E-state index is 0.297. The summed E-state index contributed by atoms with van der Waals surface area (Å²) in [6.07, 6.45) is 0.886. The van der Waals surface area contributed by atoms with Crippen molar-refractivity contribution in [2.75, 3.05) is 38.2 Å². The second kappa shape index (κ2) is 9.01. The van der Waals surface area contributed by atoms with Crippen molar-refractivity contribution >= 4 is 5.69 Å². The number of piperazine rings is 1. The average molecular weight is 389 g/mol. The molecule has 4 nitrogen and oxygen atoms in total. The van der Waals surface area contributed by atoms with E-state index in [4.69, 9.17) is 4.74 Å². The lowest BCUT2D eigenvalue weighted by Gasteiger charge is -2.40. The van der Waals surface area contributed by atoms with Crippen LogP contribution < -0.4 is 9.64 Å². The monoisotopic (exact) mass is 388 g/mol. The summed E-state index contributed by atoms with van der Waals surface area (Å²) in [7, 11) is 1.71. The molecular weight excluding hydrogens is 360 g/mol. The Morgan fingerprint density at radius 1 is 0.862 bits per heavy atom. The van der Waals surface area contributed by atoms with Crippen LogP contribution in [0.1, 0.15) is 17.2 Å². The summed E-state index contributed by atoms with van der Waals surface area (Å²) >= 11 is 0. The molecule has 1 heterocycles. The second-order valence-electron chi connectivity index (χ2n) is 7.53. The molecule has 1 unspecified atom stereocenters. The molecule has 29 heavy (non-hydrogen) atoms. The van der Waals surface area contributed by atoms with Crippen molar-refractivity contribution in [1.29, 1.82) is 0 Å². The number of nitrogens with zero attached hydrogens (tertiary/aromatic N) is 2. The van der Waals surface area contributed by atoms with Crippen LogP contribution in [-0.4, -0.2) is 43.3 Å². The Labute approximate surface area is 173 Å². The first-order valence-electron chi connectivity index (χ1n) is 10.2. The number of phenolic OH excluding ortho intramolecular Hbond substituents is 1. The SMILES string of the molecule is COc1cccc(N2CCN(C(Cc3cccc(O)c3)c3ccccc3)CC2)c1. The number of rotatable bonds is 6. The van der Waals surface area contributed by atoms with E-state index in [1.54, 1.807) is 13.2 Å². The van der Waals surface area contributed by atoms with Gasteiger partial charge in [-0.1, -0.05) is 48.5 Å². The van der Waals surface area contributed by atoms with E-state index < -0.39 is 0 Å². The normalized spacial score (nSPS) is 15.8. The van der Waals surface area contributed by atoms with E-state index in [0.717, 1.165) is 43.9 Å². The van der Waals surface area contributed by atoms with Crippen molar-refractivity contribution < 1.29 is 9.84 Å². The van der Waals surface area contributed by atoms with E-state index in [-0.39, 0.29) is 0 Å². The summed E-state index contributed by atoms with van der Waals surface area (Å²) < 4.78 is 5.38. The number of aromatic hydroxyl groups is 1. The third-order valence-electron chi connectivity index (χ3n) is 5.70. The van der Waals surface area contributed by atoms with E-state index >= 15 is 0 Å². The third-order valence-corrected chi connectivity index (χ3v) is 5.70. The molecule has 150 valence electrons. The van der Waals surface area contributed by atoms with Crippen LogP contribution in [0.3, 0.4) is 0 Å². The maximum absolute atomic E-state index is 9.88. The average Bonchev–Trinajstić information content (AvgIpc) is 2.78. The van der Waals surface area contributed by atoms with Gasteiger partial charge in [0.1, 0.15) is 11.5 Å². The predicted octanol–water partition coefficient (Wildman–Crippen LogP) is 4.51. The van der Waals surface area contributed by atoms with Gasteiger partial charge in [0.15, 0.2) is 0 Å². The number of hydrogen-bond donors (Lipinski definition) is 1. The van der Waals surface area contributed by atoms with E-state index in [2.05, 4.69) is 64.4 Å². The molecule has 4 heteroatoms. The standard InChI is InChI=1S/C25H28N2O2/c1-29-24-12-6-10-22(19-24)26-13-15-27(16-14-26)25(21-8-3-2-4-9-21)18-20-7-5-11-23(28)17-20/h2-12,17,19,25,28H,13-16,18H2,1H3. The van der Waals surface area contributed by atoms with Gasteiger partial charge in [-0.2, -0.15) is 0 Å². The number of methoxy groups -OCH3 is 1. The van der Waals surface area contributed by atoms with E-state index in [1.807, 2.05) is 18.2 Å². The summed E-state index contributed by atoms with van der Waals surface area (Å²) in [4.78, 5) is 4.99. The zero-order valence-electron chi connectivity index (χ0n) is 16.9. The van der Waals surface area contributed by atoms with Gasteiger partial charge in [0.05, 0.1) is 7.11 Å². The highest BCUT2D eigenvalue weighted by Gasteiger charge is 2.25. The molecule has 0 spiro atoms. The Kier molecular flexibility index (Phi) is 6.01. The molecule has 1 fully saturated rings. The van der Waals surface area contributed by atoms with Crippen molar-refractivity contribution in [3.63, 3.8) is 0 Å². The van der Waals surface area contributed by atoms with E-state index in [1.165, 1.54) is 11.3 Å². The van der Waals surface area contributed by atoms with Crippen LogP contribution in [-0.2, 0) is 6.42 Å². The van der Waals surface area contributed by atoms with Gasteiger partial charge in [0.2, 0.25) is 0 Å². The van der Waals surface area contributed by atoms with Crippen LogP contribution >= 0.6 is 0 Å². The molecule has 1 aliphatic heterocycles. The minimum atomic E-state index is 0.297. The van der Waals surface area contributed by atoms with Gasteiger partial charge in [-0.25, -0.2) is 0 Å². The first-order chi connectivity index (χ1) is 14.2. The smallest absolute Gasteiger partial charge is 0.120 e. The molecule has 0 radical (unpaired) electrons. The molecule has 0 saturated carbocycles. The highest BCUT2D eigenvalue weighted by atomic mass is 16.5. The molecule has 0 amide bonds. The summed E-state index contributed by atoms with van der Waals surface area (Å²) in [5.74, 6) is 1.23. The van der Waals surface area contributed by atoms with Crippen molar-refractivity contribution in [3.05, 3.63) is 90.0 Å². The minimum Gasteiger partial charge on any atom is -0.508 e. The molecule has 1 atom stereocenters. The lowest BCUT2D eigenvalue weighted by Crippen LogP contribution is -2.48. The van der Waals surface area contributed by atoms with Gasteiger partial charge < -0.3 is 14.7 Å². The van der Waals surface area contributed by atoms with Crippen LogP contribution in [0.25, 0.3) is 0 Å². The fraction of sp³-hybridized carbons (Fsp3) is 0.280. The number of benzene rings is 3. The van der Waals surface area contributed by atoms with Crippen molar-refractivity contribution in [1.82, 2.24) is 4.90 Å². The van der Waals surface area contributed by atoms with Crippen molar-refractivity contribution in [2.45, 2.75) is 12.5 Å². The fourth-order valence-electron chi connectivity index (χ4n) is 4.14. The predicted molar refractivity (Wildman–Crippen MR) is 118 cm³/mol. The quantitative estimate of drug-likeness (QED) is 0.674. The van der Waals surface area contributed by atoms with Gasteiger partial charge in [0.25, 0.3) is 0 Å². The molecule has 0 aromatic heterocycles. The molecule has 4 rings (SSSR count). The van der Waals surface area contributed by atoms with Crippen LogP contribution in [0.4, 0.5) is 5.69 Å². The number of ether oxygens (including phenoxy) is 1. The Balaban J connectivity index is 1.50. The molecular formula is C25H28N2O2. The number of phenols is 1. The van der Waals surface area contributed by atoms with Crippen LogP contribution in [0.15, 0.2) is 78.9 Å². The van der Waals surface area contributed by atoms with Crippen molar-refractivity contribution in [3.8, 4) is 11.5 Å². The maximum Gasteiger partial charge on any atom is 0.120 e. The first kappa shape index (κ1) is 19.3. The van der Waals surface area contributed by atoms with Crippen LogP contribution in [0.2, 0.25) is 0 Å². The number of hydrogen-bond acceptors (Lipinski definition) is 4. The van der Waals surface area contributed by atoms with E-state index in [9.17, 15) is 5.11 Å². The van der Waals surface area contributed by atoms with Gasteiger partial charge in [-0.05, 0) is 41.8 Å². The van der Waals surface area contributed by atoms with Gasteiger partial charge >= 0.3 is 0 Å². The van der Waals surface area contributed by atoms with Crippen LogP contribution in [0, 0.1) is 0 Å². The maximum atomic E-state index is 9.88. The Hall–Kier alpha value is -2.98. The lowest BCUT2D eigenvalue weighted by atomic mass is 9.96. The zero-order valence-corrected chi connectivity index (χ0v) is 16.9. The summed E-state index contributed by atoms with van der Waals surface area (Å²) in [6.45, 7) is 3.96. The van der Waals surface area contributed by atoms with Gasteiger partial charge in [0, 0.05) is 44.0 Å². The topological polar surface area (TPSA) is 35.9 Å². The van der Waals surface area contributed by atoms with E-state index in [0.29, 0.717) is 11.8 Å². The van der Waals surface area contributed by atoms with Gasteiger partial charge in [-0.15, -0.1) is 0 Å². The molecule has 1 aliphatic rings. The molecule has 1 N–H and O–H groups in total. The third kappa shape index (κ3) is 4.72. The van der Waals surface area contributed by atoms with Gasteiger partial charge in [-0.3, -0.25) is 4.90 Å². The Morgan fingerprint density at radius 2 is 1.62 bits per heavy atom. The number of anilines is 1. The second-order valence-corrected chi connectivity index (χ2v) is 7.53. The molecule has 0 aliphatic carbocycles. The highest BCUT2D eigenvalue weighted by molar-refractivity contribution is 5.51. The first-order valence-corrected chi connectivity index (χ1v) is 10.2. The Morgan fingerprint density at radius 3 is 2.34 bits per heavy atom. The zero-order chi connectivity index (χ0) is 20.1. The Bertz CT molecular complexity index is 921. The summed E-state index contributed by atoms with van der Waals surface area (Å²) in [5, 5.41) is 9.88. The summed E-state index contributed by atoms with van der Waals surface area (Å²) in [6, 6.07) is 26.9. The molecule has 3 aromatic carbocycles. The fourth-order valence-corrected chi connectivity index (χ4v) is 4.14. The highest BCUT2D eigenvalue weighted by Crippen LogP contribution is 2.29. The lowest BCUT2D eigenvalue weighted by molar-refractivity contribution is 0.184. The largest absolute Gasteiger partial charge is 0.508 e. The summed E-state index contributed by atoms with van der Waals surface area (Å²) in [5.41, 5.74) is 3.70. The molecule has 3 aromatic rings. The van der Waals surface area contributed by atoms with Crippen molar-refractivity contribution in [2.24, 2.45) is 0 Å². The molecule has 0 bridgehead atoms. The molecule has 1 saturated heterocycles. The van der Waals surface area contributed by atoms with Crippen LogP contribution in [0.5, 0.6) is 11.5 Å².